The van der Waals surface area contributed by atoms with E-state index < -0.39 is 0 Å². The van der Waals surface area contributed by atoms with Crippen molar-refractivity contribution in [3.63, 3.8) is 0 Å². The van der Waals surface area contributed by atoms with Gasteiger partial charge in [0.1, 0.15) is 5.82 Å². The summed E-state index contributed by atoms with van der Waals surface area (Å²) < 4.78 is 0. The number of carbonyl (C=O) groups is 1. The van der Waals surface area contributed by atoms with Crippen LogP contribution in [0.4, 0.5) is 5.82 Å². The second kappa shape index (κ2) is 6.73. The van der Waals surface area contributed by atoms with E-state index in [0.717, 1.165) is 37.9 Å². The fourth-order valence-electron chi connectivity index (χ4n) is 2.95. The molecule has 20 heavy (non-hydrogen) atoms. The van der Waals surface area contributed by atoms with Crippen LogP contribution < -0.4 is 5.73 Å². The van der Waals surface area contributed by atoms with Gasteiger partial charge in [-0.25, -0.2) is 4.98 Å². The molecule has 1 saturated heterocycles. The van der Waals surface area contributed by atoms with Crippen LogP contribution >= 0.6 is 0 Å². The van der Waals surface area contributed by atoms with Crippen molar-refractivity contribution in [1.82, 2.24) is 9.88 Å². The van der Waals surface area contributed by atoms with Crippen LogP contribution in [0.3, 0.4) is 0 Å². The highest BCUT2D eigenvalue weighted by molar-refractivity contribution is 5.95. The fraction of sp³-hybridized carbons (Fsp3) is 0.625. The predicted octanol–water partition coefficient (Wildman–Crippen LogP) is 3.02. The average Bonchev–Trinajstić information content (AvgIpc) is 2.70. The van der Waals surface area contributed by atoms with Crippen molar-refractivity contribution in [3.05, 3.63) is 23.4 Å². The Labute approximate surface area is 121 Å². The van der Waals surface area contributed by atoms with Gasteiger partial charge in [0.05, 0.1) is 0 Å². The molecule has 1 unspecified atom stereocenters. The minimum atomic E-state index is 0.113. The lowest BCUT2D eigenvalue weighted by atomic mass is 10.1. The second-order valence-electron chi connectivity index (χ2n) is 5.54. The first-order valence-corrected chi connectivity index (χ1v) is 7.73. The molecule has 2 N–H and O–H groups in total. The number of aryl methyl sites for hydroxylation is 1. The standard InChI is InChI=1S/C16H25N3O/c1-3-13-10-12(11-15(17)18-13)16(20)19-9-7-5-6-8-14(19)4-2/h10-11,14H,3-9H2,1-2H3,(H2,17,18). The number of carbonyl (C=O) groups excluding carboxylic acids is 1. The SMILES string of the molecule is CCc1cc(C(=O)N2CCCCCC2CC)cc(N)n1. The Morgan fingerprint density at radius 3 is 2.85 bits per heavy atom. The van der Waals surface area contributed by atoms with Crippen molar-refractivity contribution in [2.24, 2.45) is 0 Å². The maximum atomic E-state index is 12.8. The zero-order valence-corrected chi connectivity index (χ0v) is 12.6. The number of amides is 1. The summed E-state index contributed by atoms with van der Waals surface area (Å²) in [5, 5.41) is 0. The first-order chi connectivity index (χ1) is 9.65. The van der Waals surface area contributed by atoms with Crippen molar-refractivity contribution >= 4 is 11.7 Å². The maximum Gasteiger partial charge on any atom is 0.254 e. The summed E-state index contributed by atoms with van der Waals surface area (Å²) in [7, 11) is 0. The molecule has 4 heteroatoms. The molecule has 2 heterocycles. The number of likely N-dealkylation sites (tertiary alicyclic amines) is 1. The first-order valence-electron chi connectivity index (χ1n) is 7.73. The topological polar surface area (TPSA) is 59.2 Å². The number of anilines is 1. The summed E-state index contributed by atoms with van der Waals surface area (Å²) in [6, 6.07) is 3.96. The molecular weight excluding hydrogens is 250 g/mol. The molecule has 1 fully saturated rings. The average molecular weight is 275 g/mol. The molecule has 1 amide bonds. The molecule has 0 radical (unpaired) electrons. The van der Waals surface area contributed by atoms with Crippen LogP contribution in [0.1, 0.15) is 62.0 Å². The van der Waals surface area contributed by atoms with Gasteiger partial charge >= 0.3 is 0 Å². The zero-order valence-electron chi connectivity index (χ0n) is 12.6. The Balaban J connectivity index is 2.26. The van der Waals surface area contributed by atoms with E-state index in [0.29, 0.717) is 17.4 Å². The Hall–Kier alpha value is -1.58. The first kappa shape index (κ1) is 14.8. The molecule has 4 nitrogen and oxygen atoms in total. The fourth-order valence-corrected chi connectivity index (χ4v) is 2.95. The number of nitrogens with two attached hydrogens (primary N) is 1. The molecule has 0 aromatic carbocycles. The molecule has 110 valence electrons. The molecule has 1 aliphatic heterocycles. The van der Waals surface area contributed by atoms with Gasteiger partial charge in [0.2, 0.25) is 0 Å². The number of hydrogen-bond acceptors (Lipinski definition) is 3. The van der Waals surface area contributed by atoms with E-state index >= 15 is 0 Å². The van der Waals surface area contributed by atoms with E-state index in [4.69, 9.17) is 5.73 Å². The Morgan fingerprint density at radius 1 is 1.35 bits per heavy atom. The zero-order chi connectivity index (χ0) is 14.5. The molecule has 1 atom stereocenters. The Bertz CT molecular complexity index is 473. The van der Waals surface area contributed by atoms with Gasteiger partial charge in [-0.1, -0.05) is 26.7 Å². The van der Waals surface area contributed by atoms with Gasteiger partial charge in [-0.05, 0) is 37.8 Å². The van der Waals surface area contributed by atoms with Gasteiger partial charge in [-0.3, -0.25) is 4.79 Å². The number of nitrogen functional groups attached to an aromatic ring is 1. The number of aromatic nitrogens is 1. The molecule has 0 bridgehead atoms. The van der Waals surface area contributed by atoms with Crippen molar-refractivity contribution in [2.75, 3.05) is 12.3 Å². The lowest BCUT2D eigenvalue weighted by Gasteiger charge is -2.29. The third-order valence-corrected chi connectivity index (χ3v) is 4.12. The van der Waals surface area contributed by atoms with E-state index in [1.807, 2.05) is 17.9 Å². The molecule has 0 aliphatic carbocycles. The minimum absolute atomic E-state index is 0.113. The maximum absolute atomic E-state index is 12.8. The van der Waals surface area contributed by atoms with Crippen LogP contribution in [0.5, 0.6) is 0 Å². The lowest BCUT2D eigenvalue weighted by molar-refractivity contribution is 0.0678. The van der Waals surface area contributed by atoms with Gasteiger partial charge in [0.15, 0.2) is 0 Å². The van der Waals surface area contributed by atoms with Crippen LogP contribution in [0.25, 0.3) is 0 Å². The Kier molecular flexibility index (Phi) is 4.99. The van der Waals surface area contributed by atoms with E-state index in [-0.39, 0.29) is 5.91 Å². The van der Waals surface area contributed by atoms with Crippen LogP contribution in [0.15, 0.2) is 12.1 Å². The third kappa shape index (κ3) is 3.30. The van der Waals surface area contributed by atoms with E-state index in [9.17, 15) is 4.79 Å². The smallest absolute Gasteiger partial charge is 0.254 e. The van der Waals surface area contributed by atoms with Crippen molar-refractivity contribution in [3.8, 4) is 0 Å². The van der Waals surface area contributed by atoms with Gasteiger partial charge < -0.3 is 10.6 Å². The molecule has 0 saturated carbocycles. The van der Waals surface area contributed by atoms with Gasteiger partial charge in [-0.2, -0.15) is 0 Å². The summed E-state index contributed by atoms with van der Waals surface area (Å²) in [5.74, 6) is 0.554. The predicted molar refractivity (Wildman–Crippen MR) is 81.6 cm³/mol. The number of pyridine rings is 1. The normalized spacial score (nSPS) is 19.7. The molecular formula is C16H25N3O. The second-order valence-corrected chi connectivity index (χ2v) is 5.54. The van der Waals surface area contributed by atoms with E-state index in [2.05, 4.69) is 11.9 Å². The highest BCUT2D eigenvalue weighted by atomic mass is 16.2. The van der Waals surface area contributed by atoms with Gasteiger partial charge in [0.25, 0.3) is 5.91 Å². The number of rotatable bonds is 3. The molecule has 1 aromatic rings. The van der Waals surface area contributed by atoms with Gasteiger partial charge in [-0.15, -0.1) is 0 Å². The molecule has 1 aromatic heterocycles. The monoisotopic (exact) mass is 275 g/mol. The third-order valence-electron chi connectivity index (χ3n) is 4.12. The van der Waals surface area contributed by atoms with Crippen molar-refractivity contribution in [2.45, 2.75) is 58.4 Å². The summed E-state index contributed by atoms with van der Waals surface area (Å²) in [6.45, 7) is 5.05. The summed E-state index contributed by atoms with van der Waals surface area (Å²) >= 11 is 0. The van der Waals surface area contributed by atoms with Crippen LogP contribution in [0, 0.1) is 0 Å². The van der Waals surface area contributed by atoms with Crippen LogP contribution in [-0.2, 0) is 6.42 Å². The minimum Gasteiger partial charge on any atom is -0.384 e. The molecule has 1 aliphatic rings. The van der Waals surface area contributed by atoms with Crippen molar-refractivity contribution in [1.29, 1.82) is 0 Å². The van der Waals surface area contributed by atoms with E-state index in [1.54, 1.807) is 6.07 Å². The van der Waals surface area contributed by atoms with E-state index in [1.165, 1.54) is 12.8 Å². The molecule has 2 rings (SSSR count). The van der Waals surface area contributed by atoms with Gasteiger partial charge in [0, 0.05) is 23.8 Å². The lowest BCUT2D eigenvalue weighted by Crippen LogP contribution is -2.39. The molecule has 0 spiro atoms. The Morgan fingerprint density at radius 2 is 2.15 bits per heavy atom. The number of hydrogen-bond donors (Lipinski definition) is 1. The highest BCUT2D eigenvalue weighted by Crippen LogP contribution is 2.22. The summed E-state index contributed by atoms with van der Waals surface area (Å²) in [6.07, 6.45) is 6.47. The summed E-state index contributed by atoms with van der Waals surface area (Å²) in [5.41, 5.74) is 7.39. The quantitative estimate of drug-likeness (QED) is 0.922. The number of nitrogens with zero attached hydrogens (tertiary/aromatic N) is 2. The van der Waals surface area contributed by atoms with Crippen LogP contribution in [0.2, 0.25) is 0 Å². The summed E-state index contributed by atoms with van der Waals surface area (Å²) in [4.78, 5) is 19.1. The largest absolute Gasteiger partial charge is 0.384 e. The highest BCUT2D eigenvalue weighted by Gasteiger charge is 2.25. The van der Waals surface area contributed by atoms with Crippen LogP contribution in [-0.4, -0.2) is 28.4 Å². The van der Waals surface area contributed by atoms with Crippen molar-refractivity contribution < 1.29 is 4.79 Å².